The Balaban J connectivity index is 3.40. The van der Waals surface area contributed by atoms with E-state index in [0.717, 1.165) is 29.5 Å². The average molecular weight is 356 g/mol. The highest BCUT2D eigenvalue weighted by atomic mass is 31.2. The standard InChI is InChI=1S/C19H33O4P/c1-9-10-11-22-24(20,21)23-17-15(18(3,4)5)12-14(2)13-16(17)19(6,7)8/h12-13H,9-11H2,1-8H3,(H,20,21). The highest BCUT2D eigenvalue weighted by Gasteiger charge is 2.32. The van der Waals surface area contributed by atoms with Gasteiger partial charge in [-0.05, 0) is 24.2 Å². The topological polar surface area (TPSA) is 55.8 Å². The van der Waals surface area contributed by atoms with Crippen LogP contribution in [0.2, 0.25) is 0 Å². The molecule has 0 saturated carbocycles. The molecule has 0 heterocycles. The fraction of sp³-hybridized carbons (Fsp3) is 0.684. The maximum Gasteiger partial charge on any atom is 0.527 e. The first kappa shape index (κ1) is 21.2. The van der Waals surface area contributed by atoms with Crippen LogP contribution in [0, 0.1) is 6.92 Å². The summed E-state index contributed by atoms with van der Waals surface area (Å²) in [5, 5.41) is 0. The van der Waals surface area contributed by atoms with Crippen LogP contribution >= 0.6 is 7.82 Å². The third-order valence-electron chi connectivity index (χ3n) is 3.81. The number of rotatable bonds is 6. The molecule has 1 atom stereocenters. The van der Waals surface area contributed by atoms with Crippen LogP contribution in [-0.2, 0) is 19.9 Å². The molecule has 0 fully saturated rings. The fourth-order valence-electron chi connectivity index (χ4n) is 2.45. The lowest BCUT2D eigenvalue weighted by Gasteiger charge is -2.30. The first-order valence-corrected chi connectivity index (χ1v) is 10.1. The van der Waals surface area contributed by atoms with Crippen LogP contribution in [0.15, 0.2) is 12.1 Å². The van der Waals surface area contributed by atoms with Crippen molar-refractivity contribution in [2.24, 2.45) is 0 Å². The first-order valence-electron chi connectivity index (χ1n) is 8.60. The second kappa shape index (κ2) is 7.59. The minimum absolute atomic E-state index is 0.214. The smallest absolute Gasteiger partial charge is 0.404 e. The lowest BCUT2D eigenvalue weighted by Crippen LogP contribution is -2.20. The van der Waals surface area contributed by atoms with Crippen molar-refractivity contribution in [3.63, 3.8) is 0 Å². The summed E-state index contributed by atoms with van der Waals surface area (Å²) in [5.74, 6) is 0.475. The largest absolute Gasteiger partial charge is 0.527 e. The Morgan fingerprint density at radius 1 is 1.04 bits per heavy atom. The summed E-state index contributed by atoms with van der Waals surface area (Å²) in [5.41, 5.74) is 2.51. The van der Waals surface area contributed by atoms with E-state index in [2.05, 4.69) is 41.5 Å². The van der Waals surface area contributed by atoms with Crippen molar-refractivity contribution in [3.05, 3.63) is 28.8 Å². The summed E-state index contributed by atoms with van der Waals surface area (Å²) >= 11 is 0. The number of aryl methyl sites for hydroxylation is 1. The molecule has 0 amide bonds. The van der Waals surface area contributed by atoms with Crippen LogP contribution in [0.25, 0.3) is 0 Å². The molecule has 0 radical (unpaired) electrons. The van der Waals surface area contributed by atoms with Crippen molar-refractivity contribution >= 4 is 7.82 Å². The molecule has 4 nitrogen and oxygen atoms in total. The zero-order valence-electron chi connectivity index (χ0n) is 16.4. The molecule has 1 unspecified atom stereocenters. The van der Waals surface area contributed by atoms with Crippen molar-refractivity contribution in [2.45, 2.75) is 79.1 Å². The Labute approximate surface area is 147 Å². The second-order valence-electron chi connectivity index (χ2n) is 8.44. The molecule has 1 rings (SSSR count). The van der Waals surface area contributed by atoms with Crippen LogP contribution in [-0.4, -0.2) is 11.5 Å². The molecule has 0 aliphatic rings. The normalized spacial score (nSPS) is 15.2. The number of phosphoric ester groups is 1. The zero-order valence-corrected chi connectivity index (χ0v) is 17.3. The minimum Gasteiger partial charge on any atom is -0.404 e. The van der Waals surface area contributed by atoms with Gasteiger partial charge in [0.15, 0.2) is 0 Å². The van der Waals surface area contributed by atoms with E-state index in [1.165, 1.54) is 0 Å². The van der Waals surface area contributed by atoms with Crippen LogP contribution in [0.1, 0.15) is 78.0 Å². The predicted molar refractivity (Wildman–Crippen MR) is 99.9 cm³/mol. The van der Waals surface area contributed by atoms with Crippen molar-refractivity contribution in [1.29, 1.82) is 0 Å². The lowest BCUT2D eigenvalue weighted by atomic mass is 9.78. The van der Waals surface area contributed by atoms with Crippen LogP contribution in [0.5, 0.6) is 5.75 Å². The highest BCUT2D eigenvalue weighted by Crippen LogP contribution is 2.50. The van der Waals surface area contributed by atoms with Gasteiger partial charge in [-0.25, -0.2) is 4.57 Å². The number of hydrogen-bond acceptors (Lipinski definition) is 3. The number of phosphoric acid groups is 1. The summed E-state index contributed by atoms with van der Waals surface area (Å²) < 4.78 is 23.1. The van der Waals surface area contributed by atoms with Gasteiger partial charge in [0.05, 0.1) is 6.61 Å². The first-order chi connectivity index (χ1) is 10.8. The quantitative estimate of drug-likeness (QED) is 0.510. The number of hydrogen-bond donors (Lipinski definition) is 1. The van der Waals surface area contributed by atoms with Gasteiger partial charge in [-0.15, -0.1) is 0 Å². The van der Waals surface area contributed by atoms with E-state index in [9.17, 15) is 9.46 Å². The van der Waals surface area contributed by atoms with Crippen molar-refractivity contribution < 1.29 is 18.5 Å². The Morgan fingerprint density at radius 2 is 1.50 bits per heavy atom. The minimum atomic E-state index is -4.15. The maximum absolute atomic E-state index is 12.4. The third kappa shape index (κ3) is 5.91. The molecule has 0 aliphatic heterocycles. The van der Waals surface area contributed by atoms with Gasteiger partial charge in [0, 0.05) is 11.1 Å². The SMILES string of the molecule is CCCCOP(=O)(O)Oc1c(C(C)(C)C)cc(C)cc1C(C)(C)C. The molecule has 138 valence electrons. The van der Waals surface area contributed by atoms with Crippen LogP contribution in [0.3, 0.4) is 0 Å². The number of unbranched alkanes of at least 4 members (excludes halogenated alkanes) is 1. The van der Waals surface area contributed by atoms with E-state index in [1.54, 1.807) is 0 Å². The molecule has 1 aromatic rings. The van der Waals surface area contributed by atoms with E-state index in [1.807, 2.05) is 26.0 Å². The molecule has 0 aromatic heterocycles. The van der Waals surface area contributed by atoms with Crippen molar-refractivity contribution in [3.8, 4) is 5.75 Å². The van der Waals surface area contributed by atoms with Crippen molar-refractivity contribution in [2.75, 3.05) is 6.61 Å². The number of benzene rings is 1. The second-order valence-corrected chi connectivity index (χ2v) is 9.81. The monoisotopic (exact) mass is 356 g/mol. The van der Waals surface area contributed by atoms with Crippen LogP contribution in [0.4, 0.5) is 0 Å². The van der Waals surface area contributed by atoms with Gasteiger partial charge in [-0.1, -0.05) is 72.6 Å². The molecule has 0 spiro atoms. The van der Waals surface area contributed by atoms with E-state index >= 15 is 0 Å². The van der Waals surface area contributed by atoms with Crippen molar-refractivity contribution in [1.82, 2.24) is 0 Å². The summed E-state index contributed by atoms with van der Waals surface area (Å²) in [4.78, 5) is 10.2. The maximum atomic E-state index is 12.4. The molecular weight excluding hydrogens is 323 g/mol. The molecular formula is C19H33O4P. The van der Waals surface area contributed by atoms with Gasteiger partial charge >= 0.3 is 7.82 Å². The van der Waals surface area contributed by atoms with Gasteiger partial charge in [0.2, 0.25) is 0 Å². The van der Waals surface area contributed by atoms with Crippen LogP contribution < -0.4 is 4.52 Å². The lowest BCUT2D eigenvalue weighted by molar-refractivity contribution is 0.198. The van der Waals surface area contributed by atoms with Gasteiger partial charge < -0.3 is 4.52 Å². The Bertz CT molecular complexity index is 574. The van der Waals surface area contributed by atoms with E-state index in [4.69, 9.17) is 9.05 Å². The summed E-state index contributed by atoms with van der Waals surface area (Å²) in [6, 6.07) is 4.05. The third-order valence-corrected chi connectivity index (χ3v) is 4.73. The van der Waals surface area contributed by atoms with E-state index in [-0.39, 0.29) is 17.4 Å². The van der Waals surface area contributed by atoms with Gasteiger partial charge in [-0.3, -0.25) is 9.42 Å². The Kier molecular flexibility index (Phi) is 6.71. The average Bonchev–Trinajstić information content (AvgIpc) is 2.37. The Hall–Kier alpha value is -0.830. The highest BCUT2D eigenvalue weighted by molar-refractivity contribution is 7.47. The zero-order chi connectivity index (χ0) is 18.8. The summed E-state index contributed by atoms with van der Waals surface area (Å²) in [6.07, 6.45) is 1.62. The molecule has 5 heteroatoms. The predicted octanol–water partition coefficient (Wildman–Crippen LogP) is 5.89. The van der Waals surface area contributed by atoms with E-state index in [0.29, 0.717) is 5.75 Å². The Morgan fingerprint density at radius 3 is 1.88 bits per heavy atom. The van der Waals surface area contributed by atoms with Gasteiger partial charge in [0.25, 0.3) is 0 Å². The van der Waals surface area contributed by atoms with E-state index < -0.39 is 7.82 Å². The van der Waals surface area contributed by atoms with Gasteiger partial charge in [0.1, 0.15) is 5.75 Å². The molecule has 0 saturated heterocycles. The fourth-order valence-corrected chi connectivity index (χ4v) is 3.29. The molecule has 1 N–H and O–H groups in total. The summed E-state index contributed by atoms with van der Waals surface area (Å²) in [7, 11) is -4.15. The molecule has 0 aliphatic carbocycles. The molecule has 0 bridgehead atoms. The van der Waals surface area contributed by atoms with Gasteiger partial charge in [-0.2, -0.15) is 0 Å². The summed E-state index contributed by atoms with van der Waals surface area (Å²) in [6.45, 7) is 16.7. The molecule has 1 aromatic carbocycles. The molecule has 24 heavy (non-hydrogen) atoms.